The maximum Gasteiger partial charge on any atom is 0.104 e. The van der Waals surface area contributed by atoms with Crippen LogP contribution in [0.5, 0.6) is 0 Å². The fourth-order valence-corrected chi connectivity index (χ4v) is 2.29. The lowest BCUT2D eigenvalue weighted by atomic mass is 9.94. The molecule has 0 amide bonds. The van der Waals surface area contributed by atoms with Crippen LogP contribution in [0.1, 0.15) is 17.2 Å². The van der Waals surface area contributed by atoms with E-state index in [1.165, 1.54) is 0 Å². The van der Waals surface area contributed by atoms with Crippen LogP contribution < -0.4 is 5.73 Å². The molecule has 4 heteroatoms. The van der Waals surface area contributed by atoms with Gasteiger partial charge in [0.2, 0.25) is 0 Å². The van der Waals surface area contributed by atoms with Gasteiger partial charge >= 0.3 is 0 Å². The summed E-state index contributed by atoms with van der Waals surface area (Å²) in [6.07, 6.45) is 2.38. The highest BCUT2D eigenvalue weighted by Gasteiger charge is 2.16. The summed E-state index contributed by atoms with van der Waals surface area (Å²) < 4.78 is 5.33. The molecule has 1 aromatic heterocycles. The third-order valence-electron chi connectivity index (χ3n) is 2.73. The molecule has 2 rings (SSSR count). The number of hydrogen-bond donors (Lipinski definition) is 1. The summed E-state index contributed by atoms with van der Waals surface area (Å²) in [7, 11) is 0. The second-order valence-corrected chi connectivity index (χ2v) is 4.64. The lowest BCUT2D eigenvalue weighted by Crippen LogP contribution is -2.15. The van der Waals surface area contributed by atoms with E-state index in [0.717, 1.165) is 17.7 Å². The molecule has 0 saturated carbocycles. The molecular formula is C13H13Cl2NO. The quantitative estimate of drug-likeness (QED) is 0.915. The zero-order valence-corrected chi connectivity index (χ0v) is 10.7. The van der Waals surface area contributed by atoms with E-state index in [4.69, 9.17) is 33.4 Å². The van der Waals surface area contributed by atoms with Gasteiger partial charge in [0.1, 0.15) is 5.76 Å². The first-order chi connectivity index (χ1) is 8.22. The summed E-state index contributed by atoms with van der Waals surface area (Å²) in [4.78, 5) is 0. The van der Waals surface area contributed by atoms with Crippen molar-refractivity contribution in [3.63, 3.8) is 0 Å². The van der Waals surface area contributed by atoms with Crippen LogP contribution in [0.25, 0.3) is 0 Å². The lowest BCUT2D eigenvalue weighted by Gasteiger charge is -2.16. The monoisotopic (exact) mass is 269 g/mol. The molecule has 0 radical (unpaired) electrons. The van der Waals surface area contributed by atoms with E-state index in [9.17, 15) is 0 Å². The second kappa shape index (κ2) is 5.58. The number of halogens is 2. The van der Waals surface area contributed by atoms with Crippen LogP contribution in [-0.2, 0) is 6.42 Å². The Morgan fingerprint density at radius 1 is 1.18 bits per heavy atom. The Morgan fingerprint density at radius 2 is 2.00 bits per heavy atom. The molecule has 0 saturated heterocycles. The van der Waals surface area contributed by atoms with Crippen LogP contribution in [0.15, 0.2) is 41.0 Å². The molecular weight excluding hydrogens is 257 g/mol. The topological polar surface area (TPSA) is 39.2 Å². The van der Waals surface area contributed by atoms with Crippen LogP contribution in [0, 0.1) is 0 Å². The van der Waals surface area contributed by atoms with Gasteiger partial charge in [-0.15, -0.1) is 0 Å². The van der Waals surface area contributed by atoms with E-state index in [0.29, 0.717) is 16.6 Å². The first-order valence-corrected chi connectivity index (χ1v) is 6.14. The van der Waals surface area contributed by atoms with Gasteiger partial charge in [0.05, 0.1) is 16.3 Å². The fraction of sp³-hybridized carbons (Fsp3) is 0.231. The lowest BCUT2D eigenvalue weighted by molar-refractivity contribution is 0.487. The van der Waals surface area contributed by atoms with Gasteiger partial charge in [0.25, 0.3) is 0 Å². The second-order valence-electron chi connectivity index (χ2n) is 3.86. The molecule has 2 N–H and O–H groups in total. The van der Waals surface area contributed by atoms with Gasteiger partial charge in [0.15, 0.2) is 0 Å². The van der Waals surface area contributed by atoms with Gasteiger partial charge in [0, 0.05) is 12.3 Å². The van der Waals surface area contributed by atoms with Crippen LogP contribution in [0.3, 0.4) is 0 Å². The Bertz CT molecular complexity index is 482. The van der Waals surface area contributed by atoms with Crippen molar-refractivity contribution in [2.24, 2.45) is 5.73 Å². The summed E-state index contributed by atoms with van der Waals surface area (Å²) >= 11 is 12.2. The van der Waals surface area contributed by atoms with Crippen molar-refractivity contribution in [1.29, 1.82) is 0 Å². The molecule has 1 aromatic carbocycles. The zero-order chi connectivity index (χ0) is 12.3. The van der Waals surface area contributed by atoms with E-state index < -0.39 is 0 Å². The fourth-order valence-electron chi connectivity index (χ4n) is 1.83. The maximum absolute atomic E-state index is 6.19. The van der Waals surface area contributed by atoms with Gasteiger partial charge in [-0.1, -0.05) is 35.3 Å². The van der Waals surface area contributed by atoms with Crippen LogP contribution in [0.4, 0.5) is 0 Å². The Morgan fingerprint density at radius 3 is 2.65 bits per heavy atom. The Kier molecular flexibility index (Phi) is 4.11. The summed E-state index contributed by atoms with van der Waals surface area (Å²) in [6, 6.07) is 9.40. The maximum atomic E-state index is 6.19. The summed E-state index contributed by atoms with van der Waals surface area (Å²) in [5, 5.41) is 1.14. The van der Waals surface area contributed by atoms with Gasteiger partial charge in [-0.25, -0.2) is 0 Å². The highest BCUT2D eigenvalue weighted by atomic mass is 35.5. The minimum absolute atomic E-state index is 0.118. The standard InChI is InChI=1S/C13H13Cl2NO/c14-12-5-1-4-11(13(12)15)9(8-16)7-10-3-2-6-17-10/h1-6,9H,7-8,16H2. The molecule has 2 nitrogen and oxygen atoms in total. The summed E-state index contributed by atoms with van der Waals surface area (Å²) in [5.74, 6) is 1.02. The molecule has 0 bridgehead atoms. The molecule has 0 fully saturated rings. The largest absolute Gasteiger partial charge is 0.469 e. The molecule has 1 heterocycles. The average molecular weight is 270 g/mol. The summed E-state index contributed by atoms with van der Waals surface area (Å²) in [6.45, 7) is 0.501. The third kappa shape index (κ3) is 2.83. The van der Waals surface area contributed by atoms with E-state index in [1.807, 2.05) is 24.3 Å². The van der Waals surface area contributed by atoms with Crippen molar-refractivity contribution in [1.82, 2.24) is 0 Å². The normalized spacial score (nSPS) is 12.6. The van der Waals surface area contributed by atoms with Gasteiger partial charge in [-0.3, -0.25) is 0 Å². The van der Waals surface area contributed by atoms with Crippen molar-refractivity contribution >= 4 is 23.2 Å². The molecule has 0 aliphatic heterocycles. The molecule has 0 spiro atoms. The molecule has 0 aliphatic rings. The molecule has 0 aliphatic carbocycles. The Labute approximate surface area is 110 Å². The first-order valence-electron chi connectivity index (χ1n) is 5.38. The highest BCUT2D eigenvalue weighted by molar-refractivity contribution is 6.42. The van der Waals surface area contributed by atoms with E-state index in [2.05, 4.69) is 0 Å². The minimum atomic E-state index is 0.118. The van der Waals surface area contributed by atoms with Crippen molar-refractivity contribution in [3.8, 4) is 0 Å². The van der Waals surface area contributed by atoms with Crippen LogP contribution in [0.2, 0.25) is 10.0 Å². The molecule has 2 aromatic rings. The number of hydrogen-bond acceptors (Lipinski definition) is 2. The number of benzene rings is 1. The third-order valence-corrected chi connectivity index (χ3v) is 3.57. The SMILES string of the molecule is NCC(Cc1ccco1)c1cccc(Cl)c1Cl. The van der Waals surface area contributed by atoms with Crippen LogP contribution >= 0.6 is 23.2 Å². The van der Waals surface area contributed by atoms with Gasteiger partial charge in [-0.05, 0) is 30.3 Å². The Balaban J connectivity index is 2.26. The minimum Gasteiger partial charge on any atom is -0.469 e. The van der Waals surface area contributed by atoms with Crippen molar-refractivity contribution in [2.75, 3.05) is 6.54 Å². The van der Waals surface area contributed by atoms with Crippen molar-refractivity contribution in [3.05, 3.63) is 58.0 Å². The van der Waals surface area contributed by atoms with Crippen LogP contribution in [-0.4, -0.2) is 6.54 Å². The van der Waals surface area contributed by atoms with E-state index in [-0.39, 0.29) is 5.92 Å². The van der Waals surface area contributed by atoms with E-state index in [1.54, 1.807) is 12.3 Å². The molecule has 1 atom stereocenters. The van der Waals surface area contributed by atoms with Crippen molar-refractivity contribution in [2.45, 2.75) is 12.3 Å². The predicted molar refractivity (Wildman–Crippen MR) is 70.7 cm³/mol. The average Bonchev–Trinajstić information content (AvgIpc) is 2.83. The predicted octanol–water partition coefficient (Wildman–Crippen LogP) is 3.87. The first kappa shape index (κ1) is 12.5. The highest BCUT2D eigenvalue weighted by Crippen LogP contribution is 2.32. The zero-order valence-electron chi connectivity index (χ0n) is 9.20. The number of rotatable bonds is 4. The summed E-state index contributed by atoms with van der Waals surface area (Å²) in [5.41, 5.74) is 6.77. The number of furan rings is 1. The van der Waals surface area contributed by atoms with E-state index >= 15 is 0 Å². The van der Waals surface area contributed by atoms with Crippen molar-refractivity contribution < 1.29 is 4.42 Å². The molecule has 90 valence electrons. The molecule has 17 heavy (non-hydrogen) atoms. The number of nitrogens with two attached hydrogens (primary N) is 1. The van der Waals surface area contributed by atoms with Gasteiger partial charge in [-0.2, -0.15) is 0 Å². The van der Waals surface area contributed by atoms with Gasteiger partial charge < -0.3 is 10.2 Å². The Hall–Kier alpha value is -0.960. The molecule has 1 unspecified atom stereocenters. The smallest absolute Gasteiger partial charge is 0.104 e.